The van der Waals surface area contributed by atoms with Crippen molar-refractivity contribution in [2.24, 2.45) is 0 Å². The first-order chi connectivity index (χ1) is 8.06. The summed E-state index contributed by atoms with van der Waals surface area (Å²) in [7, 11) is 1.49. The lowest BCUT2D eigenvalue weighted by atomic mass is 9.97. The third kappa shape index (κ3) is 4.67. The maximum absolute atomic E-state index is 11.2. The van der Waals surface area contributed by atoms with Gasteiger partial charge < -0.3 is 19.7 Å². The highest BCUT2D eigenvalue weighted by molar-refractivity contribution is 8.12. The normalized spacial score (nSPS) is 33.9. The van der Waals surface area contributed by atoms with E-state index in [1.165, 1.54) is 13.2 Å². The van der Waals surface area contributed by atoms with Gasteiger partial charge in [-0.15, -0.1) is 0 Å². The van der Waals surface area contributed by atoms with E-state index in [1.807, 2.05) is 0 Å². The lowest BCUT2D eigenvalue weighted by Crippen LogP contribution is -2.36. The van der Waals surface area contributed by atoms with Crippen LogP contribution in [0.5, 0.6) is 0 Å². The molecule has 98 valence electrons. The molecule has 0 aromatic heterocycles. The van der Waals surface area contributed by atoms with Crippen molar-refractivity contribution in [1.82, 2.24) is 0 Å². The highest BCUT2D eigenvalue weighted by atomic mass is 32.2. The predicted octanol–water partition coefficient (Wildman–Crippen LogP) is 0.941. The van der Waals surface area contributed by atoms with Gasteiger partial charge in [-0.05, 0) is 24.1 Å². The highest BCUT2D eigenvalue weighted by Gasteiger charge is 2.27. The van der Waals surface area contributed by atoms with Crippen molar-refractivity contribution < 1.29 is 24.5 Å². The first-order valence-electron chi connectivity index (χ1n) is 5.38. The van der Waals surface area contributed by atoms with Crippen molar-refractivity contribution in [3.8, 4) is 0 Å². The standard InChI is InChI=1S/C11H18O5S/c1-15-10-6-8(16-11(14)17-2)4-3-7(12)5-9(10)13/h3-4,7-10,12-13H,5-6H2,1-2H3. The molecule has 1 aliphatic rings. The molecule has 2 N–H and O–H groups in total. The van der Waals surface area contributed by atoms with Gasteiger partial charge in [0.25, 0.3) is 0 Å². The van der Waals surface area contributed by atoms with Crippen molar-refractivity contribution in [2.45, 2.75) is 37.3 Å². The molecule has 0 spiro atoms. The van der Waals surface area contributed by atoms with E-state index < -0.39 is 24.4 Å². The number of hydrogen-bond donors (Lipinski definition) is 2. The van der Waals surface area contributed by atoms with Crippen molar-refractivity contribution in [3.05, 3.63) is 12.2 Å². The van der Waals surface area contributed by atoms with E-state index in [4.69, 9.17) is 9.47 Å². The topological polar surface area (TPSA) is 76.0 Å². The summed E-state index contributed by atoms with van der Waals surface area (Å²) < 4.78 is 10.3. The van der Waals surface area contributed by atoms with E-state index in [9.17, 15) is 15.0 Å². The minimum Gasteiger partial charge on any atom is -0.450 e. The molecule has 0 saturated heterocycles. The Labute approximate surface area is 105 Å². The second kappa shape index (κ2) is 7.00. The van der Waals surface area contributed by atoms with Gasteiger partial charge in [0.15, 0.2) is 0 Å². The van der Waals surface area contributed by atoms with E-state index in [-0.39, 0.29) is 11.7 Å². The third-order valence-corrected chi connectivity index (χ3v) is 3.07. The second-order valence-electron chi connectivity index (χ2n) is 3.88. The lowest BCUT2D eigenvalue weighted by molar-refractivity contribution is -0.0491. The lowest BCUT2D eigenvalue weighted by Gasteiger charge is -2.27. The van der Waals surface area contributed by atoms with Crippen LogP contribution in [0.3, 0.4) is 0 Å². The Morgan fingerprint density at radius 2 is 2.06 bits per heavy atom. The fraction of sp³-hybridized carbons (Fsp3) is 0.727. The van der Waals surface area contributed by atoms with Crippen molar-refractivity contribution in [3.63, 3.8) is 0 Å². The van der Waals surface area contributed by atoms with Gasteiger partial charge in [0.2, 0.25) is 0 Å². The Bertz CT molecular complexity index is 281. The molecule has 0 amide bonds. The van der Waals surface area contributed by atoms with E-state index in [2.05, 4.69) is 0 Å². The monoisotopic (exact) mass is 262 g/mol. The van der Waals surface area contributed by atoms with E-state index in [1.54, 1.807) is 12.3 Å². The number of aliphatic hydroxyl groups is 2. The minimum absolute atomic E-state index is 0.220. The Morgan fingerprint density at radius 3 is 2.65 bits per heavy atom. The van der Waals surface area contributed by atoms with Gasteiger partial charge in [0.1, 0.15) is 6.10 Å². The van der Waals surface area contributed by atoms with Crippen LogP contribution in [0.4, 0.5) is 4.79 Å². The molecule has 17 heavy (non-hydrogen) atoms. The van der Waals surface area contributed by atoms with Crippen LogP contribution >= 0.6 is 11.8 Å². The van der Waals surface area contributed by atoms with Crippen LogP contribution in [0.25, 0.3) is 0 Å². The maximum Gasteiger partial charge on any atom is 0.367 e. The SMILES string of the molecule is COC1CC(OC(=O)SC)C=CC(O)CC1O. The van der Waals surface area contributed by atoms with Crippen LogP contribution in [0.1, 0.15) is 12.8 Å². The zero-order valence-corrected chi connectivity index (χ0v) is 10.7. The number of hydrogen-bond acceptors (Lipinski definition) is 6. The highest BCUT2D eigenvalue weighted by Crippen LogP contribution is 2.19. The number of thioether (sulfide) groups is 1. The van der Waals surface area contributed by atoms with Crippen LogP contribution < -0.4 is 0 Å². The third-order valence-electron chi connectivity index (χ3n) is 2.64. The van der Waals surface area contributed by atoms with Gasteiger partial charge in [-0.3, -0.25) is 0 Å². The average molecular weight is 262 g/mol. The molecule has 0 aliphatic heterocycles. The zero-order chi connectivity index (χ0) is 12.8. The summed E-state index contributed by atoms with van der Waals surface area (Å²) in [6, 6.07) is 0. The molecule has 0 aromatic rings. The summed E-state index contributed by atoms with van der Waals surface area (Å²) in [6.07, 6.45) is 2.95. The molecule has 4 atom stereocenters. The predicted molar refractivity (Wildman–Crippen MR) is 65.0 cm³/mol. The molecule has 6 heteroatoms. The number of aliphatic hydroxyl groups excluding tert-OH is 2. The van der Waals surface area contributed by atoms with Crippen LogP contribution in [0.2, 0.25) is 0 Å². The molecular weight excluding hydrogens is 244 g/mol. The summed E-state index contributed by atoms with van der Waals surface area (Å²) in [5.41, 5.74) is 0. The molecule has 1 rings (SSSR count). The molecule has 1 aliphatic carbocycles. The molecule has 0 saturated carbocycles. The summed E-state index contributed by atoms with van der Waals surface area (Å²) >= 11 is 0.980. The Hall–Kier alpha value is -0.560. The molecule has 0 heterocycles. The van der Waals surface area contributed by atoms with Crippen LogP contribution in [0.15, 0.2) is 12.2 Å². The van der Waals surface area contributed by atoms with Crippen molar-refractivity contribution >= 4 is 17.1 Å². The number of rotatable bonds is 2. The Balaban J connectivity index is 2.71. The Morgan fingerprint density at radius 1 is 1.35 bits per heavy atom. The molecular formula is C11H18O5S. The van der Waals surface area contributed by atoms with Gasteiger partial charge >= 0.3 is 5.30 Å². The summed E-state index contributed by atoms with van der Waals surface area (Å²) in [4.78, 5) is 11.2. The fourth-order valence-corrected chi connectivity index (χ4v) is 1.93. The van der Waals surface area contributed by atoms with E-state index in [0.29, 0.717) is 6.42 Å². The van der Waals surface area contributed by atoms with Crippen molar-refractivity contribution in [1.29, 1.82) is 0 Å². The molecule has 0 aromatic carbocycles. The summed E-state index contributed by atoms with van der Waals surface area (Å²) in [6.45, 7) is 0. The van der Waals surface area contributed by atoms with E-state index >= 15 is 0 Å². The minimum atomic E-state index is -0.768. The largest absolute Gasteiger partial charge is 0.450 e. The number of ether oxygens (including phenoxy) is 2. The fourth-order valence-electron chi connectivity index (χ4n) is 1.71. The molecule has 4 unspecified atom stereocenters. The number of carbonyl (C=O) groups is 1. The van der Waals surface area contributed by atoms with Crippen molar-refractivity contribution in [2.75, 3.05) is 13.4 Å². The second-order valence-corrected chi connectivity index (χ2v) is 4.62. The van der Waals surface area contributed by atoms with Crippen LogP contribution in [-0.2, 0) is 9.47 Å². The quantitative estimate of drug-likeness (QED) is 0.570. The van der Waals surface area contributed by atoms with Crippen LogP contribution in [0, 0.1) is 0 Å². The van der Waals surface area contributed by atoms with Gasteiger partial charge in [0, 0.05) is 20.0 Å². The first kappa shape index (κ1) is 14.5. The summed E-state index contributed by atoms with van der Waals surface area (Å²) in [5.74, 6) is 0. The average Bonchev–Trinajstić information content (AvgIpc) is 2.30. The number of methoxy groups -OCH3 is 1. The van der Waals surface area contributed by atoms with Gasteiger partial charge in [0.05, 0.1) is 18.3 Å². The van der Waals surface area contributed by atoms with Gasteiger partial charge in [-0.25, -0.2) is 4.79 Å². The number of carbonyl (C=O) groups excluding carboxylic acids is 1. The smallest absolute Gasteiger partial charge is 0.367 e. The van der Waals surface area contributed by atoms with Gasteiger partial charge in [-0.1, -0.05) is 6.08 Å². The maximum atomic E-state index is 11.2. The van der Waals surface area contributed by atoms with Gasteiger partial charge in [-0.2, -0.15) is 0 Å². The molecule has 0 radical (unpaired) electrons. The molecule has 0 bridgehead atoms. The first-order valence-corrected chi connectivity index (χ1v) is 6.61. The Kier molecular flexibility index (Phi) is 5.97. The molecule has 5 nitrogen and oxygen atoms in total. The zero-order valence-electron chi connectivity index (χ0n) is 9.91. The summed E-state index contributed by atoms with van der Waals surface area (Å²) in [5, 5.41) is 19.0. The molecule has 0 fully saturated rings. The van der Waals surface area contributed by atoms with E-state index in [0.717, 1.165) is 11.8 Å². The van der Waals surface area contributed by atoms with Crippen LogP contribution in [-0.4, -0.2) is 53.3 Å².